The number of aromatic nitrogens is 2. The summed E-state index contributed by atoms with van der Waals surface area (Å²) >= 11 is 0. The minimum atomic E-state index is -2.47. The molecule has 1 atom stereocenters. The number of pyridine rings is 1. The molecule has 0 bridgehead atoms. The lowest BCUT2D eigenvalue weighted by Crippen LogP contribution is -2.52. The van der Waals surface area contributed by atoms with Crippen LogP contribution in [0.5, 0.6) is 0 Å². The molecule has 10 heteroatoms. The lowest BCUT2D eigenvalue weighted by Gasteiger charge is -2.42. The maximum absolute atomic E-state index is 13.5. The van der Waals surface area contributed by atoms with E-state index in [1.807, 2.05) is 12.3 Å². The molecule has 0 aromatic carbocycles. The molecule has 5 rings (SSSR count). The van der Waals surface area contributed by atoms with Crippen molar-refractivity contribution in [3.63, 3.8) is 0 Å². The zero-order valence-corrected chi connectivity index (χ0v) is 19.6. The highest BCUT2D eigenvalue weighted by Gasteiger charge is 2.36. The van der Waals surface area contributed by atoms with Crippen molar-refractivity contribution in [2.24, 2.45) is 5.92 Å². The van der Waals surface area contributed by atoms with Crippen LogP contribution in [0.25, 0.3) is 5.52 Å². The van der Waals surface area contributed by atoms with Crippen LogP contribution in [0.4, 0.5) is 19.3 Å². The zero-order valence-electron chi connectivity index (χ0n) is 19.6. The van der Waals surface area contributed by atoms with E-state index in [1.54, 1.807) is 15.6 Å². The number of hydrogen-bond donors (Lipinski definition) is 1. The molecule has 3 amide bonds. The zero-order chi connectivity index (χ0) is 23.9. The van der Waals surface area contributed by atoms with Crippen LogP contribution in [-0.4, -0.2) is 76.0 Å². The molecule has 2 aliphatic heterocycles. The number of piperazine rings is 1. The van der Waals surface area contributed by atoms with Gasteiger partial charge in [-0.2, -0.15) is 5.10 Å². The minimum absolute atomic E-state index is 0.0282. The number of rotatable bonds is 5. The van der Waals surface area contributed by atoms with Crippen LogP contribution in [0.3, 0.4) is 0 Å². The Balaban J connectivity index is 1.20. The summed E-state index contributed by atoms with van der Waals surface area (Å²) in [6, 6.07) is 4.07. The number of carbonyl (C=O) groups excluding carboxylic acids is 2. The standard InChI is InChI=1S/C24H32F2N6O2/c1-17-14-29(10-11-30(17)16-18-2-6-24(25,26)7-3-18)15-19-4-9-32-20(12-19)21(13-27-32)31-8-5-22(33)28-23(31)34/h4,9,12-13,17-18H,2-3,5-8,10-11,14-16H2,1H3,(H,28,33,34)/t17-/m0/s1. The van der Waals surface area contributed by atoms with Gasteiger partial charge in [-0.05, 0) is 43.4 Å². The first-order valence-corrected chi connectivity index (χ1v) is 12.2. The Hall–Kier alpha value is -2.59. The van der Waals surface area contributed by atoms with E-state index in [0.717, 1.165) is 43.8 Å². The average molecular weight is 475 g/mol. The Morgan fingerprint density at radius 3 is 2.71 bits per heavy atom. The number of anilines is 1. The van der Waals surface area contributed by atoms with Gasteiger partial charge in [-0.25, -0.2) is 18.1 Å². The van der Waals surface area contributed by atoms with E-state index in [2.05, 4.69) is 33.2 Å². The third-order valence-electron chi connectivity index (χ3n) is 7.50. The highest BCUT2D eigenvalue weighted by Crippen LogP contribution is 2.36. The summed E-state index contributed by atoms with van der Waals surface area (Å²) in [5.41, 5.74) is 2.67. The molecule has 3 fully saturated rings. The number of urea groups is 1. The fourth-order valence-electron chi connectivity index (χ4n) is 5.47. The first-order chi connectivity index (χ1) is 16.3. The van der Waals surface area contributed by atoms with Gasteiger partial charge in [-0.15, -0.1) is 0 Å². The van der Waals surface area contributed by atoms with Gasteiger partial charge >= 0.3 is 6.03 Å². The van der Waals surface area contributed by atoms with Gasteiger partial charge in [-0.1, -0.05) is 0 Å². The van der Waals surface area contributed by atoms with Crippen LogP contribution < -0.4 is 10.2 Å². The van der Waals surface area contributed by atoms with E-state index in [4.69, 9.17) is 0 Å². The molecule has 1 aliphatic carbocycles. The highest BCUT2D eigenvalue weighted by molar-refractivity contribution is 6.07. The smallest absolute Gasteiger partial charge is 0.298 e. The van der Waals surface area contributed by atoms with Gasteiger partial charge in [0.1, 0.15) is 0 Å². The number of fused-ring (bicyclic) bond motifs is 1. The van der Waals surface area contributed by atoms with Crippen molar-refractivity contribution in [1.29, 1.82) is 0 Å². The molecule has 34 heavy (non-hydrogen) atoms. The van der Waals surface area contributed by atoms with Crippen molar-refractivity contribution in [2.45, 2.75) is 57.5 Å². The van der Waals surface area contributed by atoms with E-state index in [1.165, 1.54) is 0 Å². The Morgan fingerprint density at radius 1 is 1.18 bits per heavy atom. The summed E-state index contributed by atoms with van der Waals surface area (Å²) in [5, 5.41) is 6.73. The molecule has 2 aromatic rings. The molecule has 0 unspecified atom stereocenters. The average Bonchev–Trinajstić information content (AvgIpc) is 3.20. The summed E-state index contributed by atoms with van der Waals surface area (Å²) in [4.78, 5) is 30.2. The predicted octanol–water partition coefficient (Wildman–Crippen LogP) is 3.11. The number of nitrogens with one attached hydrogen (secondary N) is 1. The largest absolute Gasteiger partial charge is 0.328 e. The van der Waals surface area contributed by atoms with Crippen molar-refractivity contribution in [3.05, 3.63) is 30.1 Å². The SMILES string of the molecule is C[C@H]1CN(Cc2ccn3ncc(N4CCC(=O)NC4=O)c3c2)CCN1CC1CCC(F)(F)CC1. The van der Waals surface area contributed by atoms with Crippen LogP contribution in [-0.2, 0) is 11.3 Å². The second kappa shape index (κ2) is 9.22. The fraction of sp³-hybridized carbons (Fsp3) is 0.625. The van der Waals surface area contributed by atoms with Gasteiger partial charge in [0.25, 0.3) is 0 Å². The van der Waals surface area contributed by atoms with E-state index < -0.39 is 12.0 Å². The molecule has 2 aromatic heterocycles. The summed E-state index contributed by atoms with van der Waals surface area (Å²) in [6.45, 7) is 7.07. The molecular formula is C24H32F2N6O2. The summed E-state index contributed by atoms with van der Waals surface area (Å²) in [7, 11) is 0. The second-order valence-electron chi connectivity index (χ2n) is 10.0. The summed E-state index contributed by atoms with van der Waals surface area (Å²) in [6.07, 6.45) is 5.14. The third-order valence-corrected chi connectivity index (χ3v) is 7.50. The number of amides is 3. The monoisotopic (exact) mass is 474 g/mol. The summed E-state index contributed by atoms with van der Waals surface area (Å²) in [5.74, 6) is -2.35. The molecule has 1 N–H and O–H groups in total. The predicted molar refractivity (Wildman–Crippen MR) is 124 cm³/mol. The lowest BCUT2D eigenvalue weighted by molar-refractivity contribution is -0.120. The fourth-order valence-corrected chi connectivity index (χ4v) is 5.47. The number of carbonyl (C=O) groups is 2. The van der Waals surface area contributed by atoms with Crippen LogP contribution in [0.2, 0.25) is 0 Å². The van der Waals surface area contributed by atoms with Gasteiger partial charge in [0.05, 0.1) is 17.4 Å². The molecule has 0 radical (unpaired) electrons. The molecule has 1 saturated carbocycles. The summed E-state index contributed by atoms with van der Waals surface area (Å²) < 4.78 is 28.7. The van der Waals surface area contributed by atoms with Gasteiger partial charge in [0, 0.05) is 70.8 Å². The molecule has 0 spiro atoms. The van der Waals surface area contributed by atoms with Crippen LogP contribution in [0, 0.1) is 5.92 Å². The first-order valence-electron chi connectivity index (χ1n) is 12.2. The maximum Gasteiger partial charge on any atom is 0.328 e. The number of halogens is 2. The van der Waals surface area contributed by atoms with E-state index in [9.17, 15) is 18.4 Å². The van der Waals surface area contributed by atoms with E-state index in [-0.39, 0.29) is 25.2 Å². The quantitative estimate of drug-likeness (QED) is 0.721. The van der Waals surface area contributed by atoms with Gasteiger partial charge in [-0.3, -0.25) is 24.8 Å². The number of nitrogens with zero attached hydrogens (tertiary/aromatic N) is 5. The van der Waals surface area contributed by atoms with Gasteiger partial charge in [0.2, 0.25) is 11.8 Å². The maximum atomic E-state index is 13.5. The third kappa shape index (κ3) is 4.93. The number of alkyl halides is 2. The topological polar surface area (TPSA) is 73.2 Å². The van der Waals surface area contributed by atoms with Crippen molar-refractivity contribution >= 4 is 23.1 Å². The Morgan fingerprint density at radius 2 is 1.97 bits per heavy atom. The Kier molecular flexibility index (Phi) is 6.28. The highest BCUT2D eigenvalue weighted by atomic mass is 19.3. The van der Waals surface area contributed by atoms with Crippen LogP contribution in [0.1, 0.15) is 44.6 Å². The second-order valence-corrected chi connectivity index (χ2v) is 10.0. The van der Waals surface area contributed by atoms with Crippen molar-refractivity contribution < 1.29 is 18.4 Å². The molecule has 3 aliphatic rings. The first kappa shape index (κ1) is 23.2. The van der Waals surface area contributed by atoms with Gasteiger partial charge < -0.3 is 0 Å². The van der Waals surface area contributed by atoms with E-state index >= 15 is 0 Å². The molecule has 4 heterocycles. The normalized spacial score (nSPS) is 25.1. The number of imide groups is 1. The van der Waals surface area contributed by atoms with Crippen molar-refractivity contribution in [3.8, 4) is 0 Å². The Labute approximate surface area is 197 Å². The molecule has 8 nitrogen and oxygen atoms in total. The number of hydrogen-bond acceptors (Lipinski definition) is 5. The van der Waals surface area contributed by atoms with Crippen molar-refractivity contribution in [1.82, 2.24) is 24.7 Å². The molecule has 184 valence electrons. The minimum Gasteiger partial charge on any atom is -0.298 e. The lowest BCUT2D eigenvalue weighted by atomic mass is 9.86. The van der Waals surface area contributed by atoms with Crippen molar-refractivity contribution in [2.75, 3.05) is 37.6 Å². The molecule has 2 saturated heterocycles. The molecular weight excluding hydrogens is 442 g/mol. The van der Waals surface area contributed by atoms with Gasteiger partial charge in [0.15, 0.2) is 0 Å². The van der Waals surface area contributed by atoms with Crippen LogP contribution >= 0.6 is 0 Å². The van der Waals surface area contributed by atoms with E-state index in [0.29, 0.717) is 37.0 Å². The van der Waals surface area contributed by atoms with Crippen LogP contribution in [0.15, 0.2) is 24.5 Å². The Bertz CT molecular complexity index is 1060.